The minimum atomic E-state index is -2.00. The summed E-state index contributed by atoms with van der Waals surface area (Å²) in [5.74, 6) is -2.15. The van der Waals surface area contributed by atoms with Gasteiger partial charge in [-0.2, -0.15) is 0 Å². The van der Waals surface area contributed by atoms with Gasteiger partial charge in [-0.15, -0.1) is 0 Å². The van der Waals surface area contributed by atoms with E-state index in [-0.39, 0.29) is 12.8 Å². The Morgan fingerprint density at radius 1 is 1.00 bits per heavy atom. The van der Waals surface area contributed by atoms with Crippen molar-refractivity contribution in [3.8, 4) is 0 Å². The van der Waals surface area contributed by atoms with Gasteiger partial charge < -0.3 is 10.2 Å². The molecule has 7 heteroatoms. The van der Waals surface area contributed by atoms with E-state index in [2.05, 4.69) is 0 Å². The molecule has 0 rings (SSSR count). The standard InChI is InChI=1S/C4H6O4.2O.Ti/c5-3(6)1-2-4(7)8;;;/h1-2H2,(H,5,6)(H,7,8);;;. The van der Waals surface area contributed by atoms with E-state index in [4.69, 9.17) is 16.9 Å². The van der Waals surface area contributed by atoms with Crippen LogP contribution in [0.15, 0.2) is 0 Å². The van der Waals surface area contributed by atoms with Gasteiger partial charge in [-0.3, -0.25) is 9.59 Å². The molecule has 11 heavy (non-hydrogen) atoms. The van der Waals surface area contributed by atoms with Crippen molar-refractivity contribution in [1.29, 1.82) is 0 Å². The average Bonchev–Trinajstić information content (AvgIpc) is 1.85. The van der Waals surface area contributed by atoms with Gasteiger partial charge in [0.15, 0.2) is 0 Å². The fourth-order valence-corrected chi connectivity index (χ4v) is 0.214. The maximum absolute atomic E-state index is 9.64. The van der Waals surface area contributed by atoms with Crippen LogP contribution in [-0.4, -0.2) is 22.2 Å². The minimum absolute atomic E-state index is 0.296. The molecule has 0 bridgehead atoms. The molecule has 0 aromatic rings. The summed E-state index contributed by atoms with van der Waals surface area (Å²) in [5, 5.41) is 15.8. The second-order valence-electron chi connectivity index (χ2n) is 1.37. The predicted octanol–water partition coefficient (Wildman–Crippen LogP) is -0.304. The molecule has 0 aromatic carbocycles. The van der Waals surface area contributed by atoms with Gasteiger partial charge in [-0.05, 0) is 0 Å². The molecule has 0 aromatic heterocycles. The first kappa shape index (κ1) is 12.9. The van der Waals surface area contributed by atoms with E-state index in [1.165, 1.54) is 0 Å². The van der Waals surface area contributed by atoms with Crippen LogP contribution in [0.5, 0.6) is 0 Å². The molecule has 2 N–H and O–H groups in total. The molecule has 0 atom stereocenters. The molecular weight excluding hydrogens is 192 g/mol. The zero-order valence-corrected chi connectivity index (χ0v) is 7.00. The van der Waals surface area contributed by atoms with Crippen molar-refractivity contribution >= 4 is 11.9 Å². The van der Waals surface area contributed by atoms with Gasteiger partial charge in [0, 0.05) is 0 Å². The van der Waals surface area contributed by atoms with Crippen molar-refractivity contribution in [3.05, 3.63) is 0 Å². The summed E-state index contributed by atoms with van der Waals surface area (Å²) >= 11 is -2.00. The number of carboxylic acid groups (broad SMARTS) is 2. The molecule has 0 aliphatic heterocycles. The van der Waals surface area contributed by atoms with Crippen LogP contribution in [0.2, 0.25) is 0 Å². The first-order valence-electron chi connectivity index (χ1n) is 2.47. The molecule has 0 heterocycles. The van der Waals surface area contributed by atoms with Crippen molar-refractivity contribution < 1.29 is 45.5 Å². The van der Waals surface area contributed by atoms with Crippen molar-refractivity contribution in [2.24, 2.45) is 0 Å². The summed E-state index contributed by atoms with van der Waals surface area (Å²) in [7, 11) is 0. The molecular formula is C4H6O6Ti. The summed E-state index contributed by atoms with van der Waals surface area (Å²) in [4.78, 5) is 19.3. The van der Waals surface area contributed by atoms with Gasteiger partial charge in [0.2, 0.25) is 0 Å². The molecule has 0 fully saturated rings. The quantitative estimate of drug-likeness (QED) is 0.602. The van der Waals surface area contributed by atoms with Crippen molar-refractivity contribution in [2.75, 3.05) is 0 Å². The molecule has 0 radical (unpaired) electrons. The third-order valence-electron chi connectivity index (χ3n) is 0.553. The molecule has 0 saturated carbocycles. The number of aliphatic carboxylic acids is 2. The van der Waals surface area contributed by atoms with Gasteiger partial charge in [-0.1, -0.05) is 0 Å². The topological polar surface area (TPSA) is 109 Å². The third kappa shape index (κ3) is 26.9. The summed E-state index contributed by atoms with van der Waals surface area (Å²) in [5.41, 5.74) is 0. The van der Waals surface area contributed by atoms with E-state index in [1.54, 1.807) is 0 Å². The molecule has 0 amide bonds. The Morgan fingerprint density at radius 2 is 1.18 bits per heavy atom. The van der Waals surface area contributed by atoms with Gasteiger partial charge in [0.25, 0.3) is 0 Å². The van der Waals surface area contributed by atoms with Crippen LogP contribution in [-0.2, 0) is 35.3 Å². The molecule has 0 aliphatic rings. The van der Waals surface area contributed by atoms with Crippen LogP contribution in [0.1, 0.15) is 12.8 Å². The van der Waals surface area contributed by atoms with Crippen LogP contribution < -0.4 is 0 Å². The summed E-state index contributed by atoms with van der Waals surface area (Å²) in [6.45, 7) is 0. The van der Waals surface area contributed by atoms with Crippen LogP contribution >= 0.6 is 0 Å². The fraction of sp³-hybridized carbons (Fsp3) is 0.500. The fourth-order valence-electron chi connectivity index (χ4n) is 0.214. The maximum atomic E-state index is 9.64. The van der Waals surface area contributed by atoms with E-state index in [0.717, 1.165) is 0 Å². The summed E-state index contributed by atoms with van der Waals surface area (Å²) in [6, 6.07) is 0. The van der Waals surface area contributed by atoms with Crippen molar-refractivity contribution in [1.82, 2.24) is 0 Å². The van der Waals surface area contributed by atoms with Crippen LogP contribution in [0.25, 0.3) is 0 Å². The first-order chi connectivity index (χ1) is 5.04. The average molecular weight is 198 g/mol. The number of hydrogen-bond acceptors (Lipinski definition) is 4. The zero-order chi connectivity index (χ0) is 9.28. The Balaban J connectivity index is 0. The SMILES string of the molecule is O=C(O)CCC(=O)O.[O]=[Ti]=[O]. The van der Waals surface area contributed by atoms with Crippen molar-refractivity contribution in [3.63, 3.8) is 0 Å². The first-order valence-corrected chi connectivity index (χ1v) is 3.75. The molecule has 62 valence electrons. The second kappa shape index (κ2) is 9.25. The molecule has 6 nitrogen and oxygen atoms in total. The Hall–Kier alpha value is -0.746. The monoisotopic (exact) mass is 198 g/mol. The number of rotatable bonds is 3. The Labute approximate surface area is 70.8 Å². The molecule has 0 spiro atoms. The van der Waals surface area contributed by atoms with Crippen LogP contribution in [0, 0.1) is 0 Å². The third-order valence-corrected chi connectivity index (χ3v) is 0.553. The molecule has 0 saturated heterocycles. The van der Waals surface area contributed by atoms with Gasteiger partial charge in [-0.25, -0.2) is 0 Å². The van der Waals surface area contributed by atoms with E-state index in [9.17, 15) is 9.59 Å². The molecule has 0 unspecified atom stereocenters. The van der Waals surface area contributed by atoms with Gasteiger partial charge in [0.05, 0.1) is 12.8 Å². The Morgan fingerprint density at radius 3 is 1.27 bits per heavy atom. The van der Waals surface area contributed by atoms with Gasteiger partial charge >= 0.3 is 37.7 Å². The van der Waals surface area contributed by atoms with Crippen LogP contribution in [0.4, 0.5) is 0 Å². The van der Waals surface area contributed by atoms with E-state index < -0.39 is 31.0 Å². The molecule has 0 aliphatic carbocycles. The Kier molecular flexibility index (Phi) is 10.8. The van der Waals surface area contributed by atoms with Crippen molar-refractivity contribution in [2.45, 2.75) is 12.8 Å². The summed E-state index contributed by atoms with van der Waals surface area (Å²) in [6.07, 6.45) is -0.593. The van der Waals surface area contributed by atoms with E-state index in [0.29, 0.717) is 0 Å². The number of carbonyl (C=O) groups is 2. The normalized spacial score (nSPS) is 6.91. The summed E-state index contributed by atoms with van der Waals surface area (Å²) < 4.78 is 17.0. The zero-order valence-electron chi connectivity index (χ0n) is 5.44. The van der Waals surface area contributed by atoms with E-state index >= 15 is 0 Å². The van der Waals surface area contributed by atoms with Gasteiger partial charge in [0.1, 0.15) is 0 Å². The Bertz CT molecular complexity index is 155. The predicted molar refractivity (Wildman–Crippen MR) is 25.9 cm³/mol. The number of hydrogen-bond donors (Lipinski definition) is 2. The van der Waals surface area contributed by atoms with E-state index in [1.807, 2.05) is 0 Å². The van der Waals surface area contributed by atoms with Crippen LogP contribution in [0.3, 0.4) is 0 Å². The number of carboxylic acids is 2. The second-order valence-corrected chi connectivity index (χ2v) is 1.63.